The fourth-order valence-electron chi connectivity index (χ4n) is 3.40. The third-order valence-electron chi connectivity index (χ3n) is 4.38. The number of hydrogen-bond donors (Lipinski definition) is 1. The number of rotatable bonds is 4. The first kappa shape index (κ1) is 13.7. The summed E-state index contributed by atoms with van der Waals surface area (Å²) in [6, 6.07) is 4.87. The van der Waals surface area contributed by atoms with E-state index in [0.717, 1.165) is 30.4 Å². The molecule has 2 aliphatic heterocycles. The molecule has 0 saturated heterocycles. The minimum absolute atomic E-state index is 0.469. The second-order valence-electron chi connectivity index (χ2n) is 6.08. The minimum Gasteiger partial charge on any atom is -0.486 e. The van der Waals surface area contributed by atoms with Gasteiger partial charge in [0.05, 0.1) is 0 Å². The van der Waals surface area contributed by atoms with Gasteiger partial charge in [-0.3, -0.25) is 0 Å². The van der Waals surface area contributed by atoms with Crippen molar-refractivity contribution in [3.63, 3.8) is 0 Å². The van der Waals surface area contributed by atoms with Crippen molar-refractivity contribution in [1.29, 1.82) is 0 Å². The maximum Gasteiger partial charge on any atom is 0.161 e. The first-order valence-electron chi connectivity index (χ1n) is 7.93. The van der Waals surface area contributed by atoms with Crippen LogP contribution in [0.25, 0.3) is 0 Å². The van der Waals surface area contributed by atoms with Crippen LogP contribution >= 0.6 is 0 Å². The fraction of sp³-hybridized carbons (Fsp3) is 0.647. The minimum atomic E-state index is 0.469. The number of fused-ring (bicyclic) bond motifs is 2. The van der Waals surface area contributed by atoms with E-state index in [1.807, 2.05) is 0 Å². The maximum absolute atomic E-state index is 5.74. The quantitative estimate of drug-likeness (QED) is 0.912. The standard InChI is InChI=1S/C17H25NO2/c1-3-4-12(2)9-15-14-11-17-16(19-7-8-20-17)10-13(14)5-6-18-15/h10-12,15,18H,3-9H2,1-2H3. The summed E-state index contributed by atoms with van der Waals surface area (Å²) >= 11 is 0. The molecule has 2 heterocycles. The molecule has 2 unspecified atom stereocenters. The Kier molecular flexibility index (Phi) is 4.16. The monoisotopic (exact) mass is 275 g/mol. The summed E-state index contributed by atoms with van der Waals surface area (Å²) in [5.74, 6) is 2.61. The van der Waals surface area contributed by atoms with Crippen LogP contribution in [0.1, 0.15) is 50.3 Å². The molecule has 3 rings (SSSR count). The maximum atomic E-state index is 5.74. The van der Waals surface area contributed by atoms with E-state index in [2.05, 4.69) is 31.3 Å². The molecule has 0 saturated carbocycles. The molecule has 110 valence electrons. The normalized spacial score (nSPS) is 22.2. The second kappa shape index (κ2) is 6.04. The molecule has 0 aromatic heterocycles. The zero-order chi connectivity index (χ0) is 13.9. The van der Waals surface area contributed by atoms with E-state index < -0.39 is 0 Å². The van der Waals surface area contributed by atoms with Gasteiger partial charge in [0.15, 0.2) is 11.5 Å². The number of ether oxygens (including phenoxy) is 2. The highest BCUT2D eigenvalue weighted by molar-refractivity contribution is 5.50. The first-order chi connectivity index (χ1) is 9.78. The van der Waals surface area contributed by atoms with Crippen molar-refractivity contribution in [2.24, 2.45) is 5.92 Å². The Morgan fingerprint density at radius 3 is 2.75 bits per heavy atom. The van der Waals surface area contributed by atoms with Crippen molar-refractivity contribution in [2.45, 2.75) is 45.6 Å². The average Bonchev–Trinajstić information content (AvgIpc) is 2.46. The summed E-state index contributed by atoms with van der Waals surface area (Å²) in [4.78, 5) is 0. The van der Waals surface area contributed by atoms with Gasteiger partial charge in [0.25, 0.3) is 0 Å². The molecule has 20 heavy (non-hydrogen) atoms. The Labute approximate surface area is 121 Å². The lowest BCUT2D eigenvalue weighted by atomic mass is 9.87. The van der Waals surface area contributed by atoms with Crippen LogP contribution < -0.4 is 14.8 Å². The van der Waals surface area contributed by atoms with Gasteiger partial charge >= 0.3 is 0 Å². The summed E-state index contributed by atoms with van der Waals surface area (Å²) in [6.07, 6.45) is 4.87. The van der Waals surface area contributed by atoms with E-state index in [1.165, 1.54) is 30.4 Å². The van der Waals surface area contributed by atoms with Gasteiger partial charge in [0.2, 0.25) is 0 Å². The van der Waals surface area contributed by atoms with Gasteiger partial charge in [-0.1, -0.05) is 26.7 Å². The van der Waals surface area contributed by atoms with E-state index in [1.54, 1.807) is 0 Å². The van der Waals surface area contributed by atoms with Crippen molar-refractivity contribution in [1.82, 2.24) is 5.32 Å². The predicted octanol–water partition coefficient (Wildman–Crippen LogP) is 3.47. The molecule has 3 nitrogen and oxygen atoms in total. The van der Waals surface area contributed by atoms with E-state index >= 15 is 0 Å². The van der Waals surface area contributed by atoms with Gasteiger partial charge < -0.3 is 14.8 Å². The molecule has 1 N–H and O–H groups in total. The number of benzene rings is 1. The molecular formula is C17H25NO2. The fourth-order valence-corrected chi connectivity index (χ4v) is 3.40. The number of nitrogens with one attached hydrogen (secondary N) is 1. The summed E-state index contributed by atoms with van der Waals surface area (Å²) in [7, 11) is 0. The van der Waals surface area contributed by atoms with Crippen molar-refractivity contribution in [3.05, 3.63) is 23.3 Å². The summed E-state index contributed by atoms with van der Waals surface area (Å²) < 4.78 is 11.4. The average molecular weight is 275 g/mol. The highest BCUT2D eigenvalue weighted by Crippen LogP contribution is 2.38. The lowest BCUT2D eigenvalue weighted by Crippen LogP contribution is -2.31. The molecule has 0 spiro atoms. The van der Waals surface area contributed by atoms with E-state index in [9.17, 15) is 0 Å². The van der Waals surface area contributed by atoms with Gasteiger partial charge in [-0.2, -0.15) is 0 Å². The molecule has 0 aliphatic carbocycles. The summed E-state index contributed by atoms with van der Waals surface area (Å²) in [6.45, 7) is 7.02. The summed E-state index contributed by atoms with van der Waals surface area (Å²) in [5, 5.41) is 3.68. The van der Waals surface area contributed by atoms with Crippen LogP contribution in [0.15, 0.2) is 12.1 Å². The van der Waals surface area contributed by atoms with E-state index in [4.69, 9.17) is 9.47 Å². The summed E-state index contributed by atoms with van der Waals surface area (Å²) in [5.41, 5.74) is 2.85. The molecule has 0 amide bonds. The molecule has 2 atom stereocenters. The third-order valence-corrected chi connectivity index (χ3v) is 4.38. The van der Waals surface area contributed by atoms with Crippen molar-refractivity contribution in [3.8, 4) is 11.5 Å². The Morgan fingerprint density at radius 2 is 2.00 bits per heavy atom. The van der Waals surface area contributed by atoms with E-state index in [-0.39, 0.29) is 0 Å². The van der Waals surface area contributed by atoms with Gasteiger partial charge in [-0.05, 0) is 48.6 Å². The third kappa shape index (κ3) is 2.78. The van der Waals surface area contributed by atoms with Gasteiger partial charge in [0.1, 0.15) is 13.2 Å². The van der Waals surface area contributed by atoms with E-state index in [0.29, 0.717) is 19.3 Å². The van der Waals surface area contributed by atoms with Crippen molar-refractivity contribution >= 4 is 0 Å². The zero-order valence-corrected chi connectivity index (χ0v) is 12.6. The molecular weight excluding hydrogens is 250 g/mol. The Morgan fingerprint density at radius 1 is 1.25 bits per heavy atom. The lowest BCUT2D eigenvalue weighted by Gasteiger charge is -2.31. The number of hydrogen-bond acceptors (Lipinski definition) is 3. The predicted molar refractivity (Wildman–Crippen MR) is 80.6 cm³/mol. The highest BCUT2D eigenvalue weighted by atomic mass is 16.6. The molecule has 1 aromatic rings. The molecule has 2 aliphatic rings. The van der Waals surface area contributed by atoms with Crippen molar-refractivity contribution in [2.75, 3.05) is 19.8 Å². The second-order valence-corrected chi connectivity index (χ2v) is 6.08. The van der Waals surface area contributed by atoms with Crippen LogP contribution in [0, 0.1) is 5.92 Å². The van der Waals surface area contributed by atoms with Crippen LogP contribution in [0.5, 0.6) is 11.5 Å². The lowest BCUT2D eigenvalue weighted by molar-refractivity contribution is 0.170. The smallest absolute Gasteiger partial charge is 0.161 e. The Bertz CT molecular complexity index is 472. The van der Waals surface area contributed by atoms with Crippen LogP contribution in [0.3, 0.4) is 0 Å². The van der Waals surface area contributed by atoms with Crippen molar-refractivity contribution < 1.29 is 9.47 Å². The van der Waals surface area contributed by atoms with Crippen LogP contribution in [0.2, 0.25) is 0 Å². The SMILES string of the molecule is CCCC(C)CC1NCCc2cc3c(cc21)OCCO3. The van der Waals surface area contributed by atoms with Gasteiger partial charge in [-0.15, -0.1) is 0 Å². The van der Waals surface area contributed by atoms with Crippen LogP contribution in [0.4, 0.5) is 0 Å². The van der Waals surface area contributed by atoms with Gasteiger partial charge in [-0.25, -0.2) is 0 Å². The highest BCUT2D eigenvalue weighted by Gasteiger charge is 2.25. The topological polar surface area (TPSA) is 30.5 Å². The van der Waals surface area contributed by atoms with Crippen LogP contribution in [-0.2, 0) is 6.42 Å². The zero-order valence-electron chi connectivity index (χ0n) is 12.6. The largest absolute Gasteiger partial charge is 0.486 e. The Hall–Kier alpha value is -1.22. The molecule has 3 heteroatoms. The Balaban J connectivity index is 1.84. The molecule has 1 aromatic carbocycles. The van der Waals surface area contributed by atoms with Crippen LogP contribution in [-0.4, -0.2) is 19.8 Å². The molecule has 0 radical (unpaired) electrons. The molecule has 0 fully saturated rings. The van der Waals surface area contributed by atoms with Gasteiger partial charge in [0, 0.05) is 6.04 Å². The first-order valence-corrected chi connectivity index (χ1v) is 7.93. The molecule has 0 bridgehead atoms.